The molecule has 0 atom stereocenters. The monoisotopic (exact) mass is 370 g/mol. The molecule has 0 radical (unpaired) electrons. The third-order valence-electron chi connectivity index (χ3n) is 4.97. The molecule has 26 heavy (non-hydrogen) atoms. The van der Waals surface area contributed by atoms with Crippen LogP contribution in [0.2, 0.25) is 0 Å². The van der Waals surface area contributed by atoms with Crippen molar-refractivity contribution in [2.24, 2.45) is 5.92 Å². The van der Waals surface area contributed by atoms with Gasteiger partial charge in [-0.25, -0.2) is 8.42 Å². The molecule has 1 fully saturated rings. The van der Waals surface area contributed by atoms with Crippen molar-refractivity contribution in [1.29, 1.82) is 0 Å². The fraction of sp³-hybridized carbons (Fsp3) is 0.350. The fourth-order valence-corrected chi connectivity index (χ4v) is 4.42. The molecule has 0 unspecified atom stereocenters. The first-order valence-electron chi connectivity index (χ1n) is 8.98. The largest absolute Gasteiger partial charge is 0.312 e. The highest BCUT2D eigenvalue weighted by Gasteiger charge is 2.35. The summed E-state index contributed by atoms with van der Waals surface area (Å²) in [7, 11) is -3.62. The van der Waals surface area contributed by atoms with Crippen molar-refractivity contribution in [3.8, 4) is 0 Å². The van der Waals surface area contributed by atoms with Crippen LogP contribution < -0.4 is 9.62 Å². The topological polar surface area (TPSA) is 66.5 Å². The van der Waals surface area contributed by atoms with E-state index >= 15 is 0 Å². The van der Waals surface area contributed by atoms with Crippen LogP contribution in [-0.2, 0) is 21.2 Å². The molecule has 1 aliphatic carbocycles. The van der Waals surface area contributed by atoms with Crippen LogP contribution in [0, 0.1) is 12.8 Å². The van der Waals surface area contributed by atoms with E-state index in [1.807, 2.05) is 24.0 Å². The molecule has 0 bridgehead atoms. The Morgan fingerprint density at radius 3 is 2.54 bits per heavy atom. The van der Waals surface area contributed by atoms with Gasteiger partial charge in [0.25, 0.3) is 10.0 Å². The third-order valence-corrected chi connectivity index (χ3v) is 6.37. The van der Waals surface area contributed by atoms with E-state index < -0.39 is 10.0 Å². The van der Waals surface area contributed by atoms with Gasteiger partial charge in [-0.2, -0.15) is 0 Å². The molecule has 2 aromatic carbocycles. The van der Waals surface area contributed by atoms with Gasteiger partial charge < -0.3 is 4.90 Å². The van der Waals surface area contributed by atoms with Crippen LogP contribution in [0.1, 0.15) is 30.4 Å². The van der Waals surface area contributed by atoms with E-state index in [9.17, 15) is 13.2 Å². The van der Waals surface area contributed by atoms with Gasteiger partial charge in [-0.1, -0.05) is 17.7 Å². The van der Waals surface area contributed by atoms with Crippen LogP contribution in [-0.4, -0.2) is 20.9 Å². The first kappa shape index (κ1) is 17.1. The lowest BCUT2D eigenvalue weighted by molar-refractivity contribution is -0.119. The zero-order valence-electron chi connectivity index (χ0n) is 14.7. The van der Waals surface area contributed by atoms with Crippen LogP contribution >= 0.6 is 0 Å². The number of amides is 1. The molecule has 2 aromatic rings. The van der Waals surface area contributed by atoms with Crippen LogP contribution in [0.5, 0.6) is 0 Å². The molecule has 1 N–H and O–H groups in total. The summed E-state index contributed by atoms with van der Waals surface area (Å²) in [5, 5.41) is 0. The predicted molar refractivity (Wildman–Crippen MR) is 102 cm³/mol. The lowest BCUT2D eigenvalue weighted by Gasteiger charge is -2.30. The van der Waals surface area contributed by atoms with E-state index in [1.165, 1.54) is 0 Å². The molecule has 136 valence electrons. The van der Waals surface area contributed by atoms with Crippen LogP contribution in [0.25, 0.3) is 0 Å². The Bertz CT molecular complexity index is 948. The molecule has 4 rings (SSSR count). The number of aryl methyl sites for hydroxylation is 2. The predicted octanol–water partition coefficient (Wildman–Crippen LogP) is 3.49. The van der Waals surface area contributed by atoms with Gasteiger partial charge in [0.15, 0.2) is 0 Å². The number of rotatable bonds is 4. The third kappa shape index (κ3) is 3.33. The van der Waals surface area contributed by atoms with Crippen LogP contribution in [0.4, 0.5) is 11.4 Å². The molecule has 0 aromatic heterocycles. The van der Waals surface area contributed by atoms with Gasteiger partial charge in [0.05, 0.1) is 4.90 Å². The van der Waals surface area contributed by atoms with Gasteiger partial charge in [0, 0.05) is 23.8 Å². The number of carbonyl (C=O) groups is 1. The van der Waals surface area contributed by atoms with Crippen LogP contribution in [0.3, 0.4) is 0 Å². The van der Waals surface area contributed by atoms with Gasteiger partial charge in [-0.15, -0.1) is 0 Å². The summed E-state index contributed by atoms with van der Waals surface area (Å²) >= 11 is 0. The summed E-state index contributed by atoms with van der Waals surface area (Å²) in [4.78, 5) is 14.6. The van der Waals surface area contributed by atoms with Gasteiger partial charge >= 0.3 is 0 Å². The van der Waals surface area contributed by atoms with Crippen molar-refractivity contribution in [3.63, 3.8) is 0 Å². The minimum Gasteiger partial charge on any atom is -0.312 e. The van der Waals surface area contributed by atoms with Crippen molar-refractivity contribution in [2.45, 2.75) is 37.5 Å². The summed E-state index contributed by atoms with van der Waals surface area (Å²) in [6.45, 7) is 2.67. The number of carbonyl (C=O) groups excluding carboxylic acids is 1. The summed E-state index contributed by atoms with van der Waals surface area (Å²) < 4.78 is 27.8. The van der Waals surface area contributed by atoms with Crippen molar-refractivity contribution >= 4 is 27.3 Å². The normalized spacial score (nSPS) is 16.9. The summed E-state index contributed by atoms with van der Waals surface area (Å²) in [6.07, 6.45) is 3.72. The minimum absolute atomic E-state index is 0.181. The second-order valence-corrected chi connectivity index (χ2v) is 8.81. The lowest BCUT2D eigenvalue weighted by atomic mass is 10.0. The molecule has 1 heterocycles. The Morgan fingerprint density at radius 2 is 1.85 bits per heavy atom. The average molecular weight is 370 g/mol. The smallest absolute Gasteiger partial charge is 0.261 e. The highest BCUT2D eigenvalue weighted by atomic mass is 32.2. The molecule has 1 saturated carbocycles. The maximum absolute atomic E-state index is 12.6. The Kier molecular flexibility index (Phi) is 4.23. The lowest BCUT2D eigenvalue weighted by Crippen LogP contribution is -2.36. The van der Waals surface area contributed by atoms with Crippen molar-refractivity contribution in [2.75, 3.05) is 16.2 Å². The molecule has 2 aliphatic rings. The molecule has 1 aliphatic heterocycles. The van der Waals surface area contributed by atoms with Gasteiger partial charge in [0.1, 0.15) is 0 Å². The van der Waals surface area contributed by atoms with Gasteiger partial charge in [-0.05, 0) is 68.5 Å². The maximum atomic E-state index is 12.6. The number of sulfonamides is 1. The van der Waals surface area contributed by atoms with E-state index in [0.29, 0.717) is 5.69 Å². The second kappa shape index (κ2) is 6.43. The Morgan fingerprint density at radius 1 is 1.12 bits per heavy atom. The molecular formula is C20H22N2O3S. The highest BCUT2D eigenvalue weighted by Crippen LogP contribution is 2.36. The van der Waals surface area contributed by atoms with E-state index in [0.717, 1.165) is 49.0 Å². The molecule has 0 saturated heterocycles. The number of benzene rings is 2. The quantitative estimate of drug-likeness (QED) is 0.896. The summed E-state index contributed by atoms with van der Waals surface area (Å²) in [5.74, 6) is 0.389. The minimum atomic E-state index is -3.62. The van der Waals surface area contributed by atoms with Crippen molar-refractivity contribution < 1.29 is 13.2 Å². The standard InChI is InChI=1S/C20H22N2O3S/c1-14-4-9-18(10-5-14)26(24,25)21-17-8-11-19-16(13-17)3-2-12-22(19)20(23)15-6-7-15/h4-5,8-11,13,15,21H,2-3,6-7,12H2,1H3. The van der Waals surface area contributed by atoms with E-state index in [2.05, 4.69) is 4.72 Å². The average Bonchev–Trinajstić information content (AvgIpc) is 3.45. The molecule has 6 heteroatoms. The number of fused-ring (bicyclic) bond motifs is 1. The Hall–Kier alpha value is -2.34. The fourth-order valence-electron chi connectivity index (χ4n) is 3.37. The van der Waals surface area contributed by atoms with Gasteiger partial charge in [-0.3, -0.25) is 9.52 Å². The molecule has 1 amide bonds. The van der Waals surface area contributed by atoms with E-state index in [1.54, 1.807) is 30.3 Å². The Labute approximate surface area is 154 Å². The van der Waals surface area contributed by atoms with Crippen molar-refractivity contribution in [3.05, 3.63) is 53.6 Å². The first-order chi connectivity index (χ1) is 12.4. The van der Waals surface area contributed by atoms with E-state index in [-0.39, 0.29) is 16.7 Å². The zero-order chi connectivity index (χ0) is 18.3. The highest BCUT2D eigenvalue weighted by molar-refractivity contribution is 7.92. The summed E-state index contributed by atoms with van der Waals surface area (Å²) in [5.41, 5.74) is 3.49. The van der Waals surface area contributed by atoms with Crippen molar-refractivity contribution in [1.82, 2.24) is 0 Å². The SMILES string of the molecule is Cc1ccc(S(=O)(=O)Nc2ccc3c(c2)CCCN3C(=O)C2CC2)cc1. The van der Waals surface area contributed by atoms with Crippen LogP contribution in [0.15, 0.2) is 47.4 Å². The maximum Gasteiger partial charge on any atom is 0.261 e. The molecular weight excluding hydrogens is 348 g/mol. The zero-order valence-corrected chi connectivity index (χ0v) is 15.6. The summed E-state index contributed by atoms with van der Waals surface area (Å²) in [6, 6.07) is 12.2. The molecule has 0 spiro atoms. The number of nitrogens with one attached hydrogen (secondary N) is 1. The first-order valence-corrected chi connectivity index (χ1v) is 10.5. The Balaban J connectivity index is 1.59. The van der Waals surface area contributed by atoms with E-state index in [4.69, 9.17) is 0 Å². The van der Waals surface area contributed by atoms with Gasteiger partial charge in [0.2, 0.25) is 5.91 Å². The second-order valence-electron chi connectivity index (χ2n) is 7.13. The number of anilines is 2. The molecule has 5 nitrogen and oxygen atoms in total. The number of nitrogens with zero attached hydrogens (tertiary/aromatic N) is 1. The number of hydrogen-bond donors (Lipinski definition) is 1. The number of hydrogen-bond acceptors (Lipinski definition) is 3.